The fourth-order valence-electron chi connectivity index (χ4n) is 5.71. The molecule has 1 aliphatic rings. The molecule has 11 nitrogen and oxygen atoms in total. The highest BCUT2D eigenvalue weighted by Crippen LogP contribution is 2.33. The van der Waals surface area contributed by atoms with Gasteiger partial charge in [-0.05, 0) is 62.8 Å². The molecule has 0 aliphatic heterocycles. The molecule has 7 rings (SSSR count). The standard InChI is InChI=1S/C33H32FN9O2/c1-43(2)9-10-45-24-13-20(11-22(34)14-24)25-17-36-18-28-29(25)40-32(39-28)31-30-27(41-42-31)8-7-26(38-30)21-12-23(16-35-15-21)37-33(44)19-5-3-4-6-19/h7-8,11-19H,3-6,9-10H2,1-2H3,(H,37,44)(H,39,40)(H,41,42). The van der Waals surface area contributed by atoms with Crippen molar-refractivity contribution in [1.82, 2.24) is 40.0 Å². The van der Waals surface area contributed by atoms with Crippen LogP contribution in [0.2, 0.25) is 0 Å². The van der Waals surface area contributed by atoms with Crippen LogP contribution in [0.1, 0.15) is 25.7 Å². The Labute approximate surface area is 258 Å². The molecule has 45 heavy (non-hydrogen) atoms. The number of aromatic nitrogens is 7. The van der Waals surface area contributed by atoms with Crippen LogP contribution in [0.15, 0.2) is 61.2 Å². The Kier molecular flexibility index (Phi) is 7.64. The predicted molar refractivity (Wildman–Crippen MR) is 170 cm³/mol. The number of hydrogen-bond donors (Lipinski definition) is 3. The number of halogens is 1. The first-order valence-electron chi connectivity index (χ1n) is 15.0. The summed E-state index contributed by atoms with van der Waals surface area (Å²) in [4.78, 5) is 36.5. The number of nitrogens with zero attached hydrogens (tertiary/aromatic N) is 6. The summed E-state index contributed by atoms with van der Waals surface area (Å²) in [5.41, 5.74) is 6.50. The van der Waals surface area contributed by atoms with Crippen LogP contribution >= 0.6 is 0 Å². The summed E-state index contributed by atoms with van der Waals surface area (Å²) >= 11 is 0. The van der Waals surface area contributed by atoms with E-state index >= 15 is 0 Å². The van der Waals surface area contributed by atoms with Crippen LogP contribution in [0.3, 0.4) is 0 Å². The van der Waals surface area contributed by atoms with Gasteiger partial charge in [-0.3, -0.25) is 19.9 Å². The zero-order valence-corrected chi connectivity index (χ0v) is 25.0. The maximum absolute atomic E-state index is 14.7. The Morgan fingerprint density at radius 2 is 1.82 bits per heavy atom. The molecule has 0 atom stereocenters. The van der Waals surface area contributed by atoms with Gasteiger partial charge in [0.05, 0.1) is 40.3 Å². The number of rotatable bonds is 9. The van der Waals surface area contributed by atoms with Crippen LogP contribution in [0.25, 0.3) is 56.0 Å². The molecule has 1 amide bonds. The highest BCUT2D eigenvalue weighted by atomic mass is 19.1. The van der Waals surface area contributed by atoms with Gasteiger partial charge in [-0.15, -0.1) is 0 Å². The molecule has 0 radical (unpaired) electrons. The summed E-state index contributed by atoms with van der Waals surface area (Å²) in [7, 11) is 3.91. The van der Waals surface area contributed by atoms with Gasteiger partial charge in [-0.1, -0.05) is 12.8 Å². The number of ether oxygens (including phenoxy) is 1. The van der Waals surface area contributed by atoms with Gasteiger partial charge in [0.1, 0.15) is 23.7 Å². The number of imidazole rings is 1. The average Bonchev–Trinajstić information content (AvgIpc) is 3.80. The molecule has 0 bridgehead atoms. The summed E-state index contributed by atoms with van der Waals surface area (Å²) in [6.45, 7) is 1.14. The third-order valence-electron chi connectivity index (χ3n) is 8.04. The van der Waals surface area contributed by atoms with Crippen molar-refractivity contribution >= 4 is 33.7 Å². The molecule has 0 saturated heterocycles. The first kappa shape index (κ1) is 28.5. The second-order valence-electron chi connectivity index (χ2n) is 11.6. The Bertz CT molecular complexity index is 2010. The predicted octanol–water partition coefficient (Wildman–Crippen LogP) is 5.83. The van der Waals surface area contributed by atoms with Crippen LogP contribution in [-0.4, -0.2) is 73.2 Å². The van der Waals surface area contributed by atoms with Gasteiger partial charge < -0.3 is 19.9 Å². The number of hydrogen-bond acceptors (Lipinski definition) is 8. The molecular formula is C33H32FN9O2. The maximum atomic E-state index is 14.7. The number of carbonyl (C=O) groups is 1. The third-order valence-corrected chi connectivity index (χ3v) is 8.04. The Morgan fingerprint density at radius 1 is 0.978 bits per heavy atom. The number of benzene rings is 1. The third kappa shape index (κ3) is 5.96. The molecule has 1 fully saturated rings. The van der Waals surface area contributed by atoms with E-state index in [4.69, 9.17) is 14.7 Å². The average molecular weight is 606 g/mol. The Balaban J connectivity index is 1.20. The van der Waals surface area contributed by atoms with Crippen molar-refractivity contribution in [3.63, 3.8) is 0 Å². The van der Waals surface area contributed by atoms with E-state index in [1.54, 1.807) is 30.9 Å². The van der Waals surface area contributed by atoms with E-state index in [0.717, 1.165) is 36.8 Å². The van der Waals surface area contributed by atoms with Crippen molar-refractivity contribution in [3.8, 4) is 39.7 Å². The molecule has 12 heteroatoms. The van der Waals surface area contributed by atoms with Crippen LogP contribution in [0.5, 0.6) is 5.75 Å². The van der Waals surface area contributed by atoms with Gasteiger partial charge in [0.15, 0.2) is 11.5 Å². The molecule has 1 saturated carbocycles. The minimum absolute atomic E-state index is 0.0389. The van der Waals surface area contributed by atoms with E-state index in [0.29, 0.717) is 69.5 Å². The zero-order valence-electron chi connectivity index (χ0n) is 25.0. The summed E-state index contributed by atoms with van der Waals surface area (Å²) in [5, 5.41) is 10.6. The number of nitrogens with one attached hydrogen (secondary N) is 3. The van der Waals surface area contributed by atoms with Gasteiger partial charge in [0.25, 0.3) is 0 Å². The number of fused-ring (bicyclic) bond motifs is 2. The van der Waals surface area contributed by atoms with Gasteiger partial charge in [0, 0.05) is 42.0 Å². The lowest BCUT2D eigenvalue weighted by Crippen LogP contribution is -2.20. The van der Waals surface area contributed by atoms with Crippen molar-refractivity contribution in [3.05, 3.63) is 67.0 Å². The van der Waals surface area contributed by atoms with Crippen molar-refractivity contribution < 1.29 is 13.9 Å². The van der Waals surface area contributed by atoms with Crippen molar-refractivity contribution in [2.45, 2.75) is 25.7 Å². The lowest BCUT2D eigenvalue weighted by molar-refractivity contribution is -0.119. The summed E-state index contributed by atoms with van der Waals surface area (Å²) in [6, 6.07) is 10.3. The van der Waals surface area contributed by atoms with Crippen molar-refractivity contribution in [1.29, 1.82) is 0 Å². The maximum Gasteiger partial charge on any atom is 0.227 e. The minimum atomic E-state index is -0.410. The highest BCUT2D eigenvalue weighted by Gasteiger charge is 2.23. The quantitative estimate of drug-likeness (QED) is 0.187. The van der Waals surface area contributed by atoms with E-state index in [9.17, 15) is 9.18 Å². The SMILES string of the molecule is CN(C)CCOc1cc(F)cc(-c2cncc3[nH]c(-c4n[nH]c5ccc(-c6cncc(NC(=O)C7CCCC7)c6)nc45)nc23)c1. The molecule has 1 aliphatic carbocycles. The molecule has 0 unspecified atom stereocenters. The number of likely N-dealkylation sites (N-methyl/N-ethyl adjacent to an activating group) is 1. The molecule has 1 aromatic carbocycles. The monoisotopic (exact) mass is 605 g/mol. The second-order valence-corrected chi connectivity index (χ2v) is 11.6. The molecule has 6 aromatic rings. The van der Waals surface area contributed by atoms with E-state index in [2.05, 4.69) is 30.5 Å². The van der Waals surface area contributed by atoms with Crippen molar-refractivity contribution in [2.24, 2.45) is 5.92 Å². The van der Waals surface area contributed by atoms with E-state index in [-0.39, 0.29) is 11.8 Å². The number of pyridine rings is 3. The molecule has 0 spiro atoms. The van der Waals surface area contributed by atoms with E-state index in [1.165, 1.54) is 12.1 Å². The number of H-pyrrole nitrogens is 2. The topological polar surface area (TPSA) is 138 Å². The number of anilines is 1. The fourth-order valence-corrected chi connectivity index (χ4v) is 5.71. The van der Waals surface area contributed by atoms with Gasteiger partial charge in [-0.25, -0.2) is 14.4 Å². The van der Waals surface area contributed by atoms with Crippen LogP contribution < -0.4 is 10.1 Å². The van der Waals surface area contributed by atoms with Gasteiger partial charge in [-0.2, -0.15) is 5.10 Å². The largest absolute Gasteiger partial charge is 0.492 e. The van der Waals surface area contributed by atoms with E-state index < -0.39 is 5.82 Å². The molecule has 5 heterocycles. The fraction of sp³-hybridized carbons (Fsp3) is 0.273. The summed E-state index contributed by atoms with van der Waals surface area (Å²) in [5.74, 6) is 0.611. The molecule has 3 N–H and O–H groups in total. The molecule has 5 aromatic heterocycles. The van der Waals surface area contributed by atoms with Crippen LogP contribution in [-0.2, 0) is 4.79 Å². The number of amides is 1. The van der Waals surface area contributed by atoms with Crippen LogP contribution in [0.4, 0.5) is 10.1 Å². The highest BCUT2D eigenvalue weighted by molar-refractivity contribution is 5.96. The number of carbonyl (C=O) groups excluding carboxylic acids is 1. The first-order chi connectivity index (χ1) is 21.9. The Hall–Kier alpha value is -5.23. The van der Waals surface area contributed by atoms with Crippen molar-refractivity contribution in [2.75, 3.05) is 32.6 Å². The second kappa shape index (κ2) is 12.0. The first-order valence-corrected chi connectivity index (χ1v) is 15.0. The van der Waals surface area contributed by atoms with E-state index in [1.807, 2.05) is 37.2 Å². The molecule has 228 valence electrons. The smallest absolute Gasteiger partial charge is 0.227 e. The zero-order chi connectivity index (χ0) is 30.9. The lowest BCUT2D eigenvalue weighted by atomic mass is 10.1. The molecular weight excluding hydrogens is 573 g/mol. The lowest BCUT2D eigenvalue weighted by Gasteiger charge is -2.12. The normalized spacial score (nSPS) is 13.7. The van der Waals surface area contributed by atoms with Gasteiger partial charge >= 0.3 is 0 Å². The summed E-state index contributed by atoms with van der Waals surface area (Å²) < 4.78 is 20.5. The van der Waals surface area contributed by atoms with Crippen LogP contribution in [0, 0.1) is 11.7 Å². The minimum Gasteiger partial charge on any atom is -0.492 e. The summed E-state index contributed by atoms with van der Waals surface area (Å²) in [6.07, 6.45) is 10.7. The Morgan fingerprint density at radius 3 is 2.67 bits per heavy atom. The number of aromatic amines is 2. The van der Waals surface area contributed by atoms with Gasteiger partial charge in [0.2, 0.25) is 5.91 Å².